The van der Waals surface area contributed by atoms with Crippen molar-refractivity contribution in [1.29, 1.82) is 0 Å². The summed E-state index contributed by atoms with van der Waals surface area (Å²) in [6, 6.07) is 8.14. The van der Waals surface area contributed by atoms with Crippen LogP contribution in [0.4, 0.5) is 0 Å². The first-order chi connectivity index (χ1) is 15.8. The van der Waals surface area contributed by atoms with Gasteiger partial charge in [-0.15, -0.1) is 0 Å². The van der Waals surface area contributed by atoms with Crippen molar-refractivity contribution in [1.82, 2.24) is 4.90 Å². The molecule has 1 heterocycles. The van der Waals surface area contributed by atoms with E-state index in [1.54, 1.807) is 38.5 Å². The number of Topliss-reactive ketones (excluding diaryl/α,β-unsaturated/α-hetero) is 1. The zero-order valence-electron chi connectivity index (χ0n) is 20.0. The summed E-state index contributed by atoms with van der Waals surface area (Å²) in [6.07, 6.45) is 0.665. The average Bonchev–Trinajstić information content (AvgIpc) is 3.05. The van der Waals surface area contributed by atoms with Crippen LogP contribution in [-0.4, -0.2) is 49.1 Å². The van der Waals surface area contributed by atoms with Gasteiger partial charge in [0.25, 0.3) is 11.7 Å². The van der Waals surface area contributed by atoms with Gasteiger partial charge in [0.05, 0.1) is 32.4 Å². The van der Waals surface area contributed by atoms with E-state index in [4.69, 9.17) is 14.2 Å². The molecule has 176 valence electrons. The molecule has 0 bridgehead atoms. The number of benzene rings is 2. The maximum absolute atomic E-state index is 13.2. The molecule has 0 radical (unpaired) electrons. The van der Waals surface area contributed by atoms with Gasteiger partial charge in [0, 0.05) is 12.1 Å². The molecule has 3 rings (SSSR count). The van der Waals surface area contributed by atoms with Gasteiger partial charge in [-0.25, -0.2) is 0 Å². The summed E-state index contributed by atoms with van der Waals surface area (Å²) in [4.78, 5) is 27.6. The Hall–Kier alpha value is -3.48. The first-order valence-electron chi connectivity index (χ1n) is 11.0. The van der Waals surface area contributed by atoms with Gasteiger partial charge in [0.2, 0.25) is 0 Å². The van der Waals surface area contributed by atoms with Crippen molar-refractivity contribution in [3.05, 3.63) is 58.2 Å². The molecule has 0 saturated carbocycles. The molecule has 7 heteroatoms. The van der Waals surface area contributed by atoms with Crippen LogP contribution in [0.3, 0.4) is 0 Å². The van der Waals surface area contributed by atoms with E-state index in [1.807, 2.05) is 33.8 Å². The molecule has 1 aliphatic heterocycles. The number of ketones is 1. The minimum atomic E-state index is -0.739. The molecule has 1 aliphatic rings. The highest BCUT2D eigenvalue weighted by Gasteiger charge is 2.46. The predicted molar refractivity (Wildman–Crippen MR) is 126 cm³/mol. The Kier molecular flexibility index (Phi) is 7.31. The molecule has 1 amide bonds. The molecular weight excluding hydrogens is 422 g/mol. The Balaban J connectivity index is 2.25. The third-order valence-corrected chi connectivity index (χ3v) is 5.80. The third-order valence-electron chi connectivity index (χ3n) is 5.80. The molecular formula is C26H31NO6. The van der Waals surface area contributed by atoms with Gasteiger partial charge in [-0.1, -0.05) is 13.0 Å². The standard InChI is InChI=1S/C26H31NO6/c1-7-11-27-23(17-9-10-19(31-5)21(14-17)33-8-2)22(25(29)26(27)30)24(28)18-12-16(4)20(32-6)13-15(18)3/h9-10,12-14,23,28H,7-8,11H2,1-6H3/b24-22+. The van der Waals surface area contributed by atoms with Crippen molar-refractivity contribution in [3.8, 4) is 17.2 Å². The number of aliphatic hydroxyl groups excluding tert-OH is 1. The molecule has 2 aromatic carbocycles. The van der Waals surface area contributed by atoms with Crippen molar-refractivity contribution < 1.29 is 28.9 Å². The predicted octanol–water partition coefficient (Wildman–Crippen LogP) is 4.55. The summed E-state index contributed by atoms with van der Waals surface area (Å²) in [5, 5.41) is 11.4. The lowest BCUT2D eigenvalue weighted by molar-refractivity contribution is -0.139. The van der Waals surface area contributed by atoms with Gasteiger partial charge in [-0.3, -0.25) is 9.59 Å². The minimum absolute atomic E-state index is 0.0636. The summed E-state index contributed by atoms with van der Waals surface area (Å²) < 4.78 is 16.5. The second-order valence-electron chi connectivity index (χ2n) is 7.97. The third kappa shape index (κ3) is 4.40. The molecule has 0 aliphatic carbocycles. The lowest BCUT2D eigenvalue weighted by Crippen LogP contribution is -2.30. The van der Waals surface area contributed by atoms with Crippen LogP contribution in [0.25, 0.3) is 5.76 Å². The van der Waals surface area contributed by atoms with Crippen LogP contribution in [0, 0.1) is 13.8 Å². The average molecular weight is 454 g/mol. The molecule has 1 N–H and O–H groups in total. The Labute approximate surface area is 194 Å². The summed E-state index contributed by atoms with van der Waals surface area (Å²) in [5.41, 5.74) is 2.77. The summed E-state index contributed by atoms with van der Waals surface area (Å²) in [6.45, 7) is 8.30. The fourth-order valence-corrected chi connectivity index (χ4v) is 4.24. The van der Waals surface area contributed by atoms with Gasteiger partial charge in [0.1, 0.15) is 11.5 Å². The summed E-state index contributed by atoms with van der Waals surface area (Å²) >= 11 is 0. The van der Waals surface area contributed by atoms with Crippen molar-refractivity contribution in [2.24, 2.45) is 0 Å². The largest absolute Gasteiger partial charge is 0.507 e. The van der Waals surface area contributed by atoms with E-state index in [9.17, 15) is 14.7 Å². The number of nitrogens with zero attached hydrogens (tertiary/aromatic N) is 1. The highest BCUT2D eigenvalue weighted by molar-refractivity contribution is 6.46. The van der Waals surface area contributed by atoms with Gasteiger partial charge >= 0.3 is 0 Å². The van der Waals surface area contributed by atoms with Gasteiger partial charge in [-0.05, 0) is 68.1 Å². The number of likely N-dealkylation sites (tertiary alicyclic amines) is 1. The molecule has 1 atom stereocenters. The van der Waals surface area contributed by atoms with Crippen LogP contribution >= 0.6 is 0 Å². The van der Waals surface area contributed by atoms with E-state index >= 15 is 0 Å². The number of ether oxygens (including phenoxy) is 3. The van der Waals surface area contributed by atoms with Crippen molar-refractivity contribution in [3.63, 3.8) is 0 Å². The maximum Gasteiger partial charge on any atom is 0.295 e. The van der Waals surface area contributed by atoms with Crippen LogP contribution in [0.15, 0.2) is 35.9 Å². The van der Waals surface area contributed by atoms with Gasteiger partial charge in [0.15, 0.2) is 11.5 Å². The Bertz CT molecular complexity index is 1100. The number of hydrogen-bond donors (Lipinski definition) is 1. The number of carbonyl (C=O) groups excluding carboxylic acids is 2. The van der Waals surface area contributed by atoms with E-state index in [1.165, 1.54) is 4.90 Å². The van der Waals surface area contributed by atoms with Crippen LogP contribution in [0.1, 0.15) is 48.6 Å². The van der Waals surface area contributed by atoms with Crippen LogP contribution in [0.2, 0.25) is 0 Å². The van der Waals surface area contributed by atoms with Gasteiger partial charge in [-0.2, -0.15) is 0 Å². The van der Waals surface area contributed by atoms with E-state index < -0.39 is 17.7 Å². The molecule has 1 saturated heterocycles. The van der Waals surface area contributed by atoms with Crippen molar-refractivity contribution in [2.75, 3.05) is 27.4 Å². The van der Waals surface area contributed by atoms with Crippen molar-refractivity contribution in [2.45, 2.75) is 40.2 Å². The molecule has 0 spiro atoms. The second kappa shape index (κ2) is 9.98. The normalized spacial score (nSPS) is 17.4. The second-order valence-corrected chi connectivity index (χ2v) is 7.97. The number of aliphatic hydroxyl groups is 1. The molecule has 33 heavy (non-hydrogen) atoms. The SMILES string of the molecule is CCCN1C(=O)C(=O)/C(=C(/O)c2cc(C)c(OC)cc2C)C1c1ccc(OC)c(OCC)c1. The lowest BCUT2D eigenvalue weighted by atomic mass is 9.93. The maximum atomic E-state index is 13.2. The number of methoxy groups -OCH3 is 2. The first-order valence-corrected chi connectivity index (χ1v) is 11.0. The summed E-state index contributed by atoms with van der Waals surface area (Å²) in [7, 11) is 3.13. The molecule has 1 fully saturated rings. The van der Waals surface area contributed by atoms with E-state index in [0.29, 0.717) is 47.9 Å². The first kappa shape index (κ1) is 24.2. The highest BCUT2D eigenvalue weighted by atomic mass is 16.5. The molecule has 0 aromatic heterocycles. The molecule has 1 unspecified atom stereocenters. The Morgan fingerprint density at radius 2 is 1.67 bits per heavy atom. The van der Waals surface area contributed by atoms with Crippen LogP contribution in [0.5, 0.6) is 17.2 Å². The quantitative estimate of drug-likeness (QED) is 0.359. The lowest BCUT2D eigenvalue weighted by Gasteiger charge is -2.26. The number of rotatable bonds is 8. The molecule has 2 aromatic rings. The number of carbonyl (C=O) groups is 2. The number of amides is 1. The summed E-state index contributed by atoms with van der Waals surface area (Å²) in [5.74, 6) is 0.218. The van der Waals surface area contributed by atoms with E-state index in [0.717, 1.165) is 11.1 Å². The van der Waals surface area contributed by atoms with Gasteiger partial charge < -0.3 is 24.2 Å². The van der Waals surface area contributed by atoms with Crippen LogP contribution < -0.4 is 14.2 Å². The smallest absolute Gasteiger partial charge is 0.295 e. The molecule has 7 nitrogen and oxygen atoms in total. The zero-order chi connectivity index (χ0) is 24.3. The van der Waals surface area contributed by atoms with E-state index in [-0.39, 0.29) is 11.3 Å². The fraction of sp³-hybridized carbons (Fsp3) is 0.385. The van der Waals surface area contributed by atoms with E-state index in [2.05, 4.69) is 0 Å². The monoisotopic (exact) mass is 453 g/mol. The highest BCUT2D eigenvalue weighted by Crippen LogP contribution is 2.42. The van der Waals surface area contributed by atoms with Crippen molar-refractivity contribution >= 4 is 17.4 Å². The van der Waals surface area contributed by atoms with Crippen LogP contribution in [-0.2, 0) is 9.59 Å². The Morgan fingerprint density at radius 1 is 0.970 bits per heavy atom. The zero-order valence-corrected chi connectivity index (χ0v) is 20.0. The fourth-order valence-electron chi connectivity index (χ4n) is 4.24. The topological polar surface area (TPSA) is 85.3 Å². The number of aryl methyl sites for hydroxylation is 2. The number of hydrogen-bond acceptors (Lipinski definition) is 6. The Morgan fingerprint density at radius 3 is 2.27 bits per heavy atom. The minimum Gasteiger partial charge on any atom is -0.507 e.